The minimum atomic E-state index is -0.301. The molecule has 1 rings (SSSR count). The fraction of sp³-hybridized carbons (Fsp3) is 0.846. The Morgan fingerprint density at radius 1 is 1.44 bits per heavy atom. The highest BCUT2D eigenvalue weighted by Gasteiger charge is 2.28. The van der Waals surface area contributed by atoms with Gasteiger partial charge in [0, 0.05) is 38.6 Å². The quantitative estimate of drug-likeness (QED) is 0.764. The Balaban J connectivity index is 2.44. The molecular formula is C13H24N2O3. The van der Waals surface area contributed by atoms with E-state index in [-0.39, 0.29) is 29.8 Å². The summed E-state index contributed by atoms with van der Waals surface area (Å²) in [5.41, 5.74) is -0.301. The summed E-state index contributed by atoms with van der Waals surface area (Å²) in [7, 11) is 0. The van der Waals surface area contributed by atoms with Gasteiger partial charge in [0.05, 0.1) is 5.92 Å². The van der Waals surface area contributed by atoms with Crippen molar-refractivity contribution >= 4 is 11.8 Å². The Hall–Kier alpha value is -1.10. The van der Waals surface area contributed by atoms with E-state index in [0.29, 0.717) is 13.1 Å². The van der Waals surface area contributed by atoms with Crippen molar-refractivity contribution in [3.8, 4) is 0 Å². The Morgan fingerprint density at radius 2 is 2.11 bits per heavy atom. The summed E-state index contributed by atoms with van der Waals surface area (Å²) in [5, 5.41) is 12.0. The number of likely N-dealkylation sites (tertiary alicyclic amines) is 1. The van der Waals surface area contributed by atoms with Crippen LogP contribution in [0, 0.1) is 11.3 Å². The summed E-state index contributed by atoms with van der Waals surface area (Å²) in [6.07, 6.45) is 1.70. The molecule has 0 spiro atoms. The van der Waals surface area contributed by atoms with Gasteiger partial charge >= 0.3 is 0 Å². The lowest BCUT2D eigenvalue weighted by Gasteiger charge is -2.32. The first kappa shape index (κ1) is 15.0. The molecular weight excluding hydrogens is 232 g/mol. The number of piperidine rings is 1. The van der Waals surface area contributed by atoms with Crippen LogP contribution in [0.25, 0.3) is 0 Å². The number of nitrogens with zero attached hydrogens (tertiary/aromatic N) is 1. The largest absolute Gasteiger partial charge is 0.396 e. The van der Waals surface area contributed by atoms with E-state index in [9.17, 15) is 9.59 Å². The van der Waals surface area contributed by atoms with E-state index in [4.69, 9.17) is 5.11 Å². The number of aliphatic hydroxyl groups is 1. The van der Waals surface area contributed by atoms with E-state index in [2.05, 4.69) is 5.32 Å². The molecule has 0 aromatic heterocycles. The Labute approximate surface area is 109 Å². The van der Waals surface area contributed by atoms with Crippen LogP contribution in [-0.4, -0.2) is 48.1 Å². The molecule has 1 aliphatic heterocycles. The van der Waals surface area contributed by atoms with E-state index < -0.39 is 0 Å². The van der Waals surface area contributed by atoms with Crippen molar-refractivity contribution in [1.82, 2.24) is 10.2 Å². The molecule has 104 valence electrons. The first-order valence-corrected chi connectivity index (χ1v) is 6.50. The van der Waals surface area contributed by atoms with Crippen LogP contribution in [0.3, 0.4) is 0 Å². The second-order valence-electron chi connectivity index (χ2n) is 5.84. The molecule has 5 nitrogen and oxygen atoms in total. The number of hydrogen-bond donors (Lipinski definition) is 2. The summed E-state index contributed by atoms with van der Waals surface area (Å²) >= 11 is 0. The maximum Gasteiger partial charge on any atom is 0.224 e. The third kappa shape index (κ3) is 4.29. The fourth-order valence-corrected chi connectivity index (χ4v) is 2.00. The highest BCUT2D eigenvalue weighted by Crippen LogP contribution is 2.18. The molecule has 1 atom stereocenters. The van der Waals surface area contributed by atoms with E-state index in [1.165, 1.54) is 6.92 Å². The van der Waals surface area contributed by atoms with Crippen LogP contribution in [0.2, 0.25) is 0 Å². The molecule has 2 N–H and O–H groups in total. The smallest absolute Gasteiger partial charge is 0.224 e. The van der Waals surface area contributed by atoms with Crippen LogP contribution in [0.4, 0.5) is 0 Å². The lowest BCUT2D eigenvalue weighted by Crippen LogP contribution is -2.46. The van der Waals surface area contributed by atoms with Gasteiger partial charge in [0.2, 0.25) is 11.8 Å². The third-order valence-electron chi connectivity index (χ3n) is 3.41. The Morgan fingerprint density at radius 3 is 2.67 bits per heavy atom. The molecule has 1 saturated heterocycles. The zero-order valence-corrected chi connectivity index (χ0v) is 11.5. The van der Waals surface area contributed by atoms with Crippen molar-refractivity contribution in [1.29, 1.82) is 0 Å². The predicted molar refractivity (Wildman–Crippen MR) is 68.9 cm³/mol. The first-order chi connectivity index (χ1) is 8.35. The normalized spacial score (nSPS) is 20.7. The van der Waals surface area contributed by atoms with Crippen molar-refractivity contribution in [3.63, 3.8) is 0 Å². The average molecular weight is 256 g/mol. The summed E-state index contributed by atoms with van der Waals surface area (Å²) in [5.74, 6) is -0.0946. The lowest BCUT2D eigenvalue weighted by molar-refractivity contribution is -0.134. The molecule has 0 aliphatic carbocycles. The molecule has 0 radical (unpaired) electrons. The van der Waals surface area contributed by atoms with Crippen LogP contribution >= 0.6 is 0 Å². The molecule has 0 bridgehead atoms. The number of nitrogens with one attached hydrogen (secondary N) is 1. The molecule has 0 aromatic rings. The van der Waals surface area contributed by atoms with Crippen molar-refractivity contribution < 1.29 is 14.7 Å². The van der Waals surface area contributed by atoms with Gasteiger partial charge in [0.15, 0.2) is 0 Å². The molecule has 1 unspecified atom stereocenters. The second-order valence-corrected chi connectivity index (χ2v) is 5.84. The monoisotopic (exact) mass is 256 g/mol. The van der Waals surface area contributed by atoms with Crippen LogP contribution in [0.15, 0.2) is 0 Å². The summed E-state index contributed by atoms with van der Waals surface area (Å²) in [6, 6.07) is 0. The summed E-state index contributed by atoms with van der Waals surface area (Å²) in [6.45, 7) is 7.10. The minimum absolute atomic E-state index is 0.0116. The van der Waals surface area contributed by atoms with E-state index >= 15 is 0 Å². The molecule has 1 heterocycles. The number of rotatable bonds is 4. The van der Waals surface area contributed by atoms with Gasteiger partial charge in [-0.15, -0.1) is 0 Å². The maximum atomic E-state index is 12.0. The van der Waals surface area contributed by atoms with Crippen molar-refractivity contribution in [2.24, 2.45) is 11.3 Å². The number of hydrogen-bond acceptors (Lipinski definition) is 3. The Kier molecular flexibility index (Phi) is 5.14. The third-order valence-corrected chi connectivity index (χ3v) is 3.41. The van der Waals surface area contributed by atoms with E-state index in [1.807, 2.05) is 13.8 Å². The van der Waals surface area contributed by atoms with Gasteiger partial charge in [-0.25, -0.2) is 0 Å². The van der Waals surface area contributed by atoms with Gasteiger partial charge in [0.25, 0.3) is 0 Å². The number of aliphatic hydroxyl groups excluding tert-OH is 1. The standard InChI is InChI=1S/C13H24N2O3/c1-10(17)15-6-4-5-11(7-15)12(18)14-8-13(2,3)9-16/h11,16H,4-9H2,1-3H3,(H,14,18). The highest BCUT2D eigenvalue weighted by molar-refractivity contribution is 5.80. The minimum Gasteiger partial charge on any atom is -0.396 e. The van der Waals surface area contributed by atoms with Crippen molar-refractivity contribution in [2.75, 3.05) is 26.2 Å². The van der Waals surface area contributed by atoms with Gasteiger partial charge in [-0.1, -0.05) is 13.8 Å². The van der Waals surface area contributed by atoms with Crippen molar-refractivity contribution in [3.05, 3.63) is 0 Å². The lowest BCUT2D eigenvalue weighted by atomic mass is 9.93. The molecule has 2 amide bonds. The summed E-state index contributed by atoms with van der Waals surface area (Å²) in [4.78, 5) is 25.0. The first-order valence-electron chi connectivity index (χ1n) is 6.50. The van der Waals surface area contributed by atoms with Gasteiger partial charge in [0.1, 0.15) is 0 Å². The van der Waals surface area contributed by atoms with Crippen LogP contribution in [0.1, 0.15) is 33.6 Å². The molecule has 0 aromatic carbocycles. The van der Waals surface area contributed by atoms with Crippen LogP contribution in [0.5, 0.6) is 0 Å². The number of carbonyl (C=O) groups excluding carboxylic acids is 2. The predicted octanol–water partition coefficient (Wildman–Crippen LogP) is 0.380. The number of carbonyl (C=O) groups is 2. The van der Waals surface area contributed by atoms with Crippen LogP contribution < -0.4 is 5.32 Å². The van der Waals surface area contributed by atoms with Gasteiger partial charge in [-0.3, -0.25) is 9.59 Å². The molecule has 1 fully saturated rings. The average Bonchev–Trinajstić information content (AvgIpc) is 2.36. The molecule has 18 heavy (non-hydrogen) atoms. The topological polar surface area (TPSA) is 69.6 Å². The van der Waals surface area contributed by atoms with Gasteiger partial charge < -0.3 is 15.3 Å². The van der Waals surface area contributed by atoms with E-state index in [0.717, 1.165) is 19.4 Å². The van der Waals surface area contributed by atoms with Gasteiger partial charge in [-0.05, 0) is 12.8 Å². The number of amides is 2. The Bertz CT molecular complexity index is 315. The second kappa shape index (κ2) is 6.18. The molecule has 5 heteroatoms. The fourth-order valence-electron chi connectivity index (χ4n) is 2.00. The van der Waals surface area contributed by atoms with Gasteiger partial charge in [-0.2, -0.15) is 0 Å². The van der Waals surface area contributed by atoms with Crippen molar-refractivity contribution in [2.45, 2.75) is 33.6 Å². The highest BCUT2D eigenvalue weighted by atomic mass is 16.3. The maximum absolute atomic E-state index is 12.0. The molecule has 1 aliphatic rings. The zero-order chi connectivity index (χ0) is 13.8. The molecule has 0 saturated carbocycles. The zero-order valence-electron chi connectivity index (χ0n) is 11.5. The van der Waals surface area contributed by atoms with Crippen LogP contribution in [-0.2, 0) is 9.59 Å². The SMILES string of the molecule is CC(=O)N1CCCC(C(=O)NCC(C)(C)CO)C1. The van der Waals surface area contributed by atoms with E-state index in [1.54, 1.807) is 4.90 Å². The summed E-state index contributed by atoms with van der Waals surface area (Å²) < 4.78 is 0.